The fraction of sp³-hybridized carbons (Fsp3) is 0.458. The molecule has 2 fully saturated rings. The van der Waals surface area contributed by atoms with E-state index in [1.165, 1.54) is 0 Å². The number of amides is 1. The van der Waals surface area contributed by atoms with Crippen molar-refractivity contribution in [3.63, 3.8) is 0 Å². The van der Waals surface area contributed by atoms with E-state index in [0.29, 0.717) is 36.3 Å². The predicted molar refractivity (Wildman–Crippen MR) is 131 cm³/mol. The molecule has 4 heterocycles. The molecule has 1 aliphatic heterocycles. The largest absolute Gasteiger partial charge is 0.377 e. The first kappa shape index (κ1) is 22.7. The highest BCUT2D eigenvalue weighted by molar-refractivity contribution is 6.33. The lowest BCUT2D eigenvalue weighted by molar-refractivity contribution is -0.124. The molecule has 0 radical (unpaired) electrons. The Morgan fingerprint density at radius 1 is 1.03 bits per heavy atom. The van der Waals surface area contributed by atoms with E-state index < -0.39 is 0 Å². The molecule has 5 rings (SSSR count). The normalized spacial score (nSPS) is 20.5. The van der Waals surface area contributed by atoms with Gasteiger partial charge >= 0.3 is 0 Å². The second kappa shape index (κ2) is 10.5. The average Bonchev–Trinajstić information content (AvgIpc) is 2.82. The minimum atomic E-state index is -0.0263. The summed E-state index contributed by atoms with van der Waals surface area (Å²) in [7, 11) is 0. The number of aromatic nitrogens is 4. The van der Waals surface area contributed by atoms with Crippen LogP contribution in [0.1, 0.15) is 31.2 Å². The number of ether oxygens (including phenoxy) is 1. The number of carbonyl (C=O) groups excluding carboxylic acids is 1. The molecule has 1 amide bonds. The Labute approximate surface area is 203 Å². The van der Waals surface area contributed by atoms with Crippen LogP contribution in [0.5, 0.6) is 0 Å². The third-order valence-electron chi connectivity index (χ3n) is 6.38. The number of nitrogens with one attached hydrogen (secondary N) is 3. The van der Waals surface area contributed by atoms with Gasteiger partial charge in [0.15, 0.2) is 5.15 Å². The second-order valence-corrected chi connectivity index (χ2v) is 9.36. The van der Waals surface area contributed by atoms with Gasteiger partial charge in [0.05, 0.1) is 25.7 Å². The summed E-state index contributed by atoms with van der Waals surface area (Å²) in [6, 6.07) is 6.47. The summed E-state index contributed by atoms with van der Waals surface area (Å²) in [6.45, 7) is 2.02. The number of hydrogen-bond acceptors (Lipinski definition) is 8. The SMILES string of the molecule is O=C(Cc1cnc(NCC2CCC(Nc3ccc4ccnc(Cl)c4n3)CC2)nc1)NC1COC1. The molecule has 1 saturated carbocycles. The molecule has 1 aliphatic carbocycles. The monoisotopic (exact) mass is 481 g/mol. The van der Waals surface area contributed by atoms with Crippen LogP contribution in [0.4, 0.5) is 11.8 Å². The van der Waals surface area contributed by atoms with Crippen LogP contribution in [-0.4, -0.2) is 57.7 Å². The van der Waals surface area contributed by atoms with E-state index in [1.54, 1.807) is 18.6 Å². The van der Waals surface area contributed by atoms with Gasteiger partial charge in [0.2, 0.25) is 11.9 Å². The zero-order valence-corrected chi connectivity index (χ0v) is 19.6. The van der Waals surface area contributed by atoms with E-state index in [4.69, 9.17) is 16.3 Å². The lowest BCUT2D eigenvalue weighted by Crippen LogP contribution is -2.49. The molecule has 0 bridgehead atoms. The zero-order valence-electron chi connectivity index (χ0n) is 18.8. The maximum atomic E-state index is 12.0. The third kappa shape index (κ3) is 5.71. The van der Waals surface area contributed by atoms with E-state index in [1.807, 2.05) is 18.2 Å². The highest BCUT2D eigenvalue weighted by Gasteiger charge is 2.22. The number of fused-ring (bicyclic) bond motifs is 1. The van der Waals surface area contributed by atoms with Gasteiger partial charge in [-0.1, -0.05) is 11.6 Å². The molecule has 9 nitrogen and oxygen atoms in total. The zero-order chi connectivity index (χ0) is 23.3. The Morgan fingerprint density at radius 2 is 1.82 bits per heavy atom. The molecule has 178 valence electrons. The van der Waals surface area contributed by atoms with Crippen LogP contribution in [0.2, 0.25) is 5.15 Å². The Morgan fingerprint density at radius 3 is 2.56 bits per heavy atom. The van der Waals surface area contributed by atoms with Gasteiger partial charge in [-0.25, -0.2) is 19.9 Å². The minimum Gasteiger partial charge on any atom is -0.377 e. The molecule has 3 N–H and O–H groups in total. The molecule has 0 spiro atoms. The van der Waals surface area contributed by atoms with Gasteiger partial charge in [0.1, 0.15) is 11.3 Å². The number of nitrogens with zero attached hydrogens (tertiary/aromatic N) is 4. The Hall–Kier alpha value is -3.04. The topological polar surface area (TPSA) is 114 Å². The van der Waals surface area contributed by atoms with Crippen molar-refractivity contribution in [3.8, 4) is 0 Å². The highest BCUT2D eigenvalue weighted by atomic mass is 35.5. The number of pyridine rings is 2. The quantitative estimate of drug-likeness (QED) is 0.420. The van der Waals surface area contributed by atoms with Crippen molar-refractivity contribution in [1.82, 2.24) is 25.3 Å². The maximum absolute atomic E-state index is 12.0. The van der Waals surface area contributed by atoms with Gasteiger partial charge in [-0.15, -0.1) is 0 Å². The van der Waals surface area contributed by atoms with Gasteiger partial charge in [-0.05, 0) is 55.4 Å². The van der Waals surface area contributed by atoms with Crippen molar-refractivity contribution in [1.29, 1.82) is 0 Å². The van der Waals surface area contributed by atoms with E-state index in [0.717, 1.165) is 54.5 Å². The van der Waals surface area contributed by atoms with E-state index >= 15 is 0 Å². The van der Waals surface area contributed by atoms with Gasteiger partial charge in [-0.2, -0.15) is 0 Å². The molecule has 0 aromatic carbocycles. The fourth-order valence-corrected chi connectivity index (χ4v) is 4.58. The van der Waals surface area contributed by atoms with Gasteiger partial charge in [0, 0.05) is 36.6 Å². The summed E-state index contributed by atoms with van der Waals surface area (Å²) in [4.78, 5) is 29.5. The first-order valence-corrected chi connectivity index (χ1v) is 12.1. The lowest BCUT2D eigenvalue weighted by Gasteiger charge is -2.29. The van der Waals surface area contributed by atoms with E-state index in [9.17, 15) is 4.79 Å². The fourth-order valence-electron chi connectivity index (χ4n) is 4.37. The van der Waals surface area contributed by atoms with Crippen LogP contribution in [0.15, 0.2) is 36.8 Å². The summed E-state index contributed by atoms with van der Waals surface area (Å²) in [5.41, 5.74) is 1.53. The smallest absolute Gasteiger partial charge is 0.224 e. The second-order valence-electron chi connectivity index (χ2n) is 9.01. The first-order chi connectivity index (χ1) is 16.6. The van der Waals surface area contributed by atoms with Crippen LogP contribution in [0, 0.1) is 5.92 Å². The number of carbonyl (C=O) groups is 1. The summed E-state index contributed by atoms with van der Waals surface area (Å²) >= 11 is 6.19. The number of anilines is 2. The predicted octanol–water partition coefficient (Wildman–Crippen LogP) is 3.21. The van der Waals surface area contributed by atoms with Crippen molar-refractivity contribution >= 4 is 40.2 Å². The molecule has 2 aliphatic rings. The van der Waals surface area contributed by atoms with Crippen molar-refractivity contribution in [2.75, 3.05) is 30.4 Å². The molecular formula is C24H28ClN7O2. The molecule has 0 unspecified atom stereocenters. The Balaban J connectivity index is 1.05. The van der Waals surface area contributed by atoms with Gasteiger partial charge < -0.3 is 20.7 Å². The molecule has 34 heavy (non-hydrogen) atoms. The average molecular weight is 482 g/mol. The maximum Gasteiger partial charge on any atom is 0.224 e. The van der Waals surface area contributed by atoms with E-state index in [-0.39, 0.29) is 18.4 Å². The Kier molecular flexibility index (Phi) is 7.01. The molecule has 0 atom stereocenters. The van der Waals surface area contributed by atoms with Gasteiger partial charge in [-0.3, -0.25) is 4.79 Å². The van der Waals surface area contributed by atoms with Crippen LogP contribution < -0.4 is 16.0 Å². The summed E-state index contributed by atoms with van der Waals surface area (Å²) in [5, 5.41) is 11.2. The molecule has 10 heteroatoms. The van der Waals surface area contributed by atoms with Crippen LogP contribution in [-0.2, 0) is 16.0 Å². The highest BCUT2D eigenvalue weighted by Crippen LogP contribution is 2.27. The van der Waals surface area contributed by atoms with Crippen LogP contribution in [0.3, 0.4) is 0 Å². The molecular weight excluding hydrogens is 454 g/mol. The van der Waals surface area contributed by atoms with Crippen molar-refractivity contribution < 1.29 is 9.53 Å². The van der Waals surface area contributed by atoms with Crippen molar-refractivity contribution in [2.45, 2.75) is 44.2 Å². The Bertz CT molecular complexity index is 1130. The molecule has 3 aromatic rings. The van der Waals surface area contributed by atoms with Crippen LogP contribution >= 0.6 is 11.6 Å². The summed E-state index contributed by atoms with van der Waals surface area (Å²) < 4.78 is 5.07. The molecule has 3 aromatic heterocycles. The van der Waals surface area contributed by atoms with Crippen LogP contribution in [0.25, 0.3) is 10.9 Å². The summed E-state index contributed by atoms with van der Waals surface area (Å²) in [5.74, 6) is 1.98. The first-order valence-electron chi connectivity index (χ1n) is 11.7. The van der Waals surface area contributed by atoms with Crippen molar-refractivity contribution in [2.24, 2.45) is 5.92 Å². The number of hydrogen-bond donors (Lipinski definition) is 3. The lowest BCUT2D eigenvalue weighted by atomic mass is 9.86. The number of halogens is 1. The number of rotatable bonds is 8. The standard InChI is InChI=1S/C24H28ClN7O2/c25-23-22-17(7-8-26-23)3-6-20(32-22)30-18-4-1-15(2-5-18)10-27-24-28-11-16(12-29-24)9-21(33)31-19-13-34-14-19/h3,6-8,11-12,15,18-19H,1-2,4-5,9-10,13-14H2,(H,30,32)(H,31,33)(H,27,28,29). The van der Waals surface area contributed by atoms with Gasteiger partial charge in [0.25, 0.3) is 0 Å². The third-order valence-corrected chi connectivity index (χ3v) is 6.66. The molecule has 1 saturated heterocycles. The summed E-state index contributed by atoms with van der Waals surface area (Å²) in [6.07, 6.45) is 9.79. The minimum absolute atomic E-state index is 0.0263. The van der Waals surface area contributed by atoms with Crippen molar-refractivity contribution in [3.05, 3.63) is 47.5 Å². The van der Waals surface area contributed by atoms with E-state index in [2.05, 4.69) is 35.9 Å².